The van der Waals surface area contributed by atoms with Crippen molar-refractivity contribution in [3.8, 4) is 5.75 Å². The molecule has 0 fully saturated rings. The average Bonchev–Trinajstić information content (AvgIpc) is 3.14. The molecule has 1 heterocycles. The lowest BCUT2D eigenvalue weighted by Gasteiger charge is -2.04. The van der Waals surface area contributed by atoms with Gasteiger partial charge < -0.3 is 9.15 Å². The molecule has 1 N–H and O–H groups in total. The lowest BCUT2D eigenvalue weighted by molar-refractivity contribution is 0.0923. The third-order valence-electron chi connectivity index (χ3n) is 3.60. The molecule has 3 aromatic rings. The molecule has 1 aromatic heterocycles. The number of rotatable bonds is 6. The molecule has 3 rings (SSSR count). The van der Waals surface area contributed by atoms with Crippen molar-refractivity contribution in [2.45, 2.75) is 13.5 Å². The van der Waals surface area contributed by atoms with E-state index in [0.717, 1.165) is 0 Å². The van der Waals surface area contributed by atoms with E-state index in [1.54, 1.807) is 31.2 Å². The van der Waals surface area contributed by atoms with Crippen LogP contribution in [-0.2, 0) is 6.61 Å². The summed E-state index contributed by atoms with van der Waals surface area (Å²) in [7, 11) is 0. The number of hydrogen-bond acceptors (Lipinski definition) is 4. The van der Waals surface area contributed by atoms with Crippen LogP contribution in [-0.4, -0.2) is 11.6 Å². The maximum absolute atomic E-state index is 13.7. The van der Waals surface area contributed by atoms with Crippen molar-refractivity contribution in [2.24, 2.45) is 5.10 Å². The molecule has 26 heavy (non-hydrogen) atoms. The highest BCUT2D eigenvalue weighted by molar-refractivity contribution is 6.00. The maximum Gasteiger partial charge on any atom is 0.307 e. The zero-order valence-electron chi connectivity index (χ0n) is 14.1. The first-order chi connectivity index (χ1) is 12.6. The molecule has 0 aliphatic heterocycles. The molecule has 1 amide bonds. The zero-order chi connectivity index (χ0) is 18.4. The van der Waals surface area contributed by atoms with Gasteiger partial charge in [0.25, 0.3) is 0 Å². The normalized spacial score (nSPS) is 11.2. The standard InChI is InChI=1S/C20H17FN2O3/c1-14(17-9-5-6-10-18(17)21)22-23-20(24)19-12-11-16(26-19)13-25-15-7-3-2-4-8-15/h2-12H,13H2,1H3,(H,23,24)/b22-14-. The van der Waals surface area contributed by atoms with Gasteiger partial charge in [-0.25, -0.2) is 9.82 Å². The Balaban J connectivity index is 1.59. The number of nitrogens with zero attached hydrogens (tertiary/aromatic N) is 1. The van der Waals surface area contributed by atoms with Gasteiger partial charge >= 0.3 is 5.91 Å². The highest BCUT2D eigenvalue weighted by Gasteiger charge is 2.12. The molecule has 0 unspecified atom stereocenters. The van der Waals surface area contributed by atoms with Crippen molar-refractivity contribution >= 4 is 11.6 Å². The van der Waals surface area contributed by atoms with Crippen LogP contribution >= 0.6 is 0 Å². The zero-order valence-corrected chi connectivity index (χ0v) is 14.1. The van der Waals surface area contributed by atoms with Crippen molar-refractivity contribution < 1.29 is 18.3 Å². The molecular formula is C20H17FN2O3. The number of furan rings is 1. The molecule has 0 bridgehead atoms. The summed E-state index contributed by atoms with van der Waals surface area (Å²) in [4.78, 5) is 12.1. The predicted octanol–water partition coefficient (Wildman–Crippen LogP) is 4.15. The molecule has 0 aliphatic carbocycles. The van der Waals surface area contributed by atoms with Crippen LogP contribution in [0.15, 0.2) is 76.2 Å². The summed E-state index contributed by atoms with van der Waals surface area (Å²) in [6, 6.07) is 18.7. The molecule has 6 heteroatoms. The molecule has 0 saturated heterocycles. The molecular weight excluding hydrogens is 335 g/mol. The summed E-state index contributed by atoms with van der Waals surface area (Å²) in [5.74, 6) is 0.392. The van der Waals surface area contributed by atoms with Crippen LogP contribution < -0.4 is 10.2 Å². The van der Waals surface area contributed by atoms with Gasteiger partial charge in [0.05, 0.1) is 5.71 Å². The molecule has 0 spiro atoms. The van der Waals surface area contributed by atoms with Crippen LogP contribution in [0.5, 0.6) is 5.75 Å². The van der Waals surface area contributed by atoms with Gasteiger partial charge in [-0.1, -0.05) is 36.4 Å². The summed E-state index contributed by atoms with van der Waals surface area (Å²) >= 11 is 0. The largest absolute Gasteiger partial charge is 0.486 e. The summed E-state index contributed by atoms with van der Waals surface area (Å²) in [6.45, 7) is 1.81. The molecule has 0 atom stereocenters. The first-order valence-electron chi connectivity index (χ1n) is 7.99. The lowest BCUT2D eigenvalue weighted by Crippen LogP contribution is -2.19. The predicted molar refractivity (Wildman–Crippen MR) is 95.6 cm³/mol. The monoisotopic (exact) mass is 352 g/mol. The summed E-state index contributed by atoms with van der Waals surface area (Å²) in [5, 5.41) is 3.92. The second-order valence-corrected chi connectivity index (χ2v) is 5.49. The Morgan fingerprint density at radius 3 is 2.58 bits per heavy atom. The average molecular weight is 352 g/mol. The van der Waals surface area contributed by atoms with Gasteiger partial charge in [-0.05, 0) is 37.3 Å². The van der Waals surface area contributed by atoms with Gasteiger partial charge in [0, 0.05) is 5.56 Å². The van der Waals surface area contributed by atoms with Crippen LogP contribution in [0.2, 0.25) is 0 Å². The number of halogens is 1. The Labute approximate surface area is 150 Å². The van der Waals surface area contributed by atoms with Gasteiger partial charge in [0.1, 0.15) is 23.9 Å². The Kier molecular flexibility index (Phi) is 5.43. The Bertz CT molecular complexity index is 920. The first kappa shape index (κ1) is 17.4. The van der Waals surface area contributed by atoms with E-state index in [4.69, 9.17) is 9.15 Å². The fraction of sp³-hybridized carbons (Fsp3) is 0.100. The highest BCUT2D eigenvalue weighted by atomic mass is 19.1. The minimum absolute atomic E-state index is 0.0988. The number of hydrazone groups is 1. The van der Waals surface area contributed by atoms with Gasteiger partial charge in [-0.2, -0.15) is 5.10 Å². The Morgan fingerprint density at radius 1 is 1.08 bits per heavy atom. The lowest BCUT2D eigenvalue weighted by atomic mass is 10.1. The van der Waals surface area contributed by atoms with E-state index >= 15 is 0 Å². The molecule has 5 nitrogen and oxygen atoms in total. The molecule has 0 radical (unpaired) electrons. The molecule has 0 saturated carbocycles. The Morgan fingerprint density at radius 2 is 1.81 bits per heavy atom. The number of amides is 1. The summed E-state index contributed by atoms with van der Waals surface area (Å²) < 4.78 is 24.7. The fourth-order valence-electron chi connectivity index (χ4n) is 2.25. The van der Waals surface area contributed by atoms with Gasteiger partial charge in [0.15, 0.2) is 5.76 Å². The second kappa shape index (κ2) is 8.11. The van der Waals surface area contributed by atoms with Crippen molar-refractivity contribution in [1.82, 2.24) is 5.43 Å². The van der Waals surface area contributed by atoms with E-state index in [0.29, 0.717) is 22.8 Å². The summed E-state index contributed by atoms with van der Waals surface area (Å²) in [5.41, 5.74) is 3.04. The quantitative estimate of drug-likeness (QED) is 0.535. The topological polar surface area (TPSA) is 63.8 Å². The number of carbonyl (C=O) groups is 1. The van der Waals surface area contributed by atoms with Crippen LogP contribution in [0.3, 0.4) is 0 Å². The van der Waals surface area contributed by atoms with E-state index in [9.17, 15) is 9.18 Å². The maximum atomic E-state index is 13.7. The summed E-state index contributed by atoms with van der Waals surface area (Å²) in [6.07, 6.45) is 0. The van der Waals surface area contributed by atoms with Crippen molar-refractivity contribution in [3.05, 3.63) is 89.6 Å². The Hall–Kier alpha value is -3.41. The van der Waals surface area contributed by atoms with Gasteiger partial charge in [0.2, 0.25) is 0 Å². The van der Waals surface area contributed by atoms with Gasteiger partial charge in [-0.15, -0.1) is 0 Å². The van der Waals surface area contributed by atoms with E-state index in [1.807, 2.05) is 30.3 Å². The van der Waals surface area contributed by atoms with E-state index in [-0.39, 0.29) is 12.4 Å². The van der Waals surface area contributed by atoms with Crippen molar-refractivity contribution in [1.29, 1.82) is 0 Å². The number of carbonyl (C=O) groups excluding carboxylic acids is 1. The third-order valence-corrected chi connectivity index (χ3v) is 3.60. The van der Waals surface area contributed by atoms with E-state index < -0.39 is 11.7 Å². The number of benzene rings is 2. The van der Waals surface area contributed by atoms with Crippen molar-refractivity contribution in [3.63, 3.8) is 0 Å². The van der Waals surface area contributed by atoms with E-state index in [1.165, 1.54) is 12.1 Å². The second-order valence-electron chi connectivity index (χ2n) is 5.49. The third kappa shape index (κ3) is 4.36. The van der Waals surface area contributed by atoms with Crippen LogP contribution in [0.1, 0.15) is 28.8 Å². The number of ether oxygens (including phenoxy) is 1. The number of nitrogens with one attached hydrogen (secondary N) is 1. The fourth-order valence-corrected chi connectivity index (χ4v) is 2.25. The number of hydrogen-bond donors (Lipinski definition) is 1. The highest BCUT2D eigenvalue weighted by Crippen LogP contribution is 2.14. The first-order valence-corrected chi connectivity index (χ1v) is 7.99. The van der Waals surface area contributed by atoms with Crippen LogP contribution in [0.25, 0.3) is 0 Å². The van der Waals surface area contributed by atoms with Gasteiger partial charge in [-0.3, -0.25) is 4.79 Å². The minimum atomic E-state index is -0.522. The molecule has 132 valence electrons. The molecule has 2 aromatic carbocycles. The van der Waals surface area contributed by atoms with Crippen molar-refractivity contribution in [2.75, 3.05) is 0 Å². The van der Waals surface area contributed by atoms with Crippen LogP contribution in [0, 0.1) is 5.82 Å². The molecule has 0 aliphatic rings. The number of para-hydroxylation sites is 1. The smallest absolute Gasteiger partial charge is 0.307 e. The van der Waals surface area contributed by atoms with E-state index in [2.05, 4.69) is 10.5 Å². The SMILES string of the molecule is C/C(=N/NC(=O)c1ccc(COc2ccccc2)o1)c1ccccc1F. The minimum Gasteiger partial charge on any atom is -0.486 e. The van der Waals surface area contributed by atoms with Crippen LogP contribution in [0.4, 0.5) is 4.39 Å².